The standard InChI is InChI=1S/C45H34N2/c1-45(2)39-20-10-9-19-36(39)44-40(45)21-12-22-41(44)46-34-17-11-18-35(29-34)47-42-25-23-32(30-13-5-3-6-14-30)27-37(42)38-28-33(24-26-43(38)47)31-15-7-4-8-16-31/h3-29,46H,1-2H3. The minimum atomic E-state index is -0.0361. The number of anilines is 2. The van der Waals surface area contributed by atoms with Crippen LogP contribution in [0.25, 0.3) is 60.9 Å². The van der Waals surface area contributed by atoms with Crippen molar-refractivity contribution in [3.05, 3.63) is 175 Å². The van der Waals surface area contributed by atoms with E-state index in [2.05, 4.69) is 188 Å². The minimum absolute atomic E-state index is 0.0361. The van der Waals surface area contributed by atoms with Crippen LogP contribution in [0.4, 0.5) is 11.4 Å². The van der Waals surface area contributed by atoms with Gasteiger partial charge in [-0.2, -0.15) is 0 Å². The first kappa shape index (κ1) is 27.5. The van der Waals surface area contributed by atoms with Gasteiger partial charge in [0, 0.05) is 38.8 Å². The van der Waals surface area contributed by atoms with Crippen LogP contribution in [0.5, 0.6) is 0 Å². The Kier molecular flexibility index (Phi) is 6.20. The number of benzene rings is 7. The van der Waals surface area contributed by atoms with Crippen molar-refractivity contribution in [1.29, 1.82) is 0 Å². The topological polar surface area (TPSA) is 17.0 Å². The van der Waals surface area contributed by atoms with Crippen molar-refractivity contribution in [1.82, 2.24) is 4.57 Å². The minimum Gasteiger partial charge on any atom is -0.355 e. The van der Waals surface area contributed by atoms with E-state index in [1.807, 2.05) is 0 Å². The third kappa shape index (κ3) is 4.40. The molecule has 2 nitrogen and oxygen atoms in total. The molecule has 0 saturated heterocycles. The molecule has 1 aliphatic carbocycles. The molecule has 8 aromatic rings. The van der Waals surface area contributed by atoms with Crippen molar-refractivity contribution < 1.29 is 0 Å². The van der Waals surface area contributed by atoms with E-state index < -0.39 is 0 Å². The van der Waals surface area contributed by atoms with E-state index in [0.29, 0.717) is 0 Å². The van der Waals surface area contributed by atoms with E-state index in [9.17, 15) is 0 Å². The van der Waals surface area contributed by atoms with Gasteiger partial charge in [-0.3, -0.25) is 0 Å². The Morgan fingerprint density at radius 3 is 1.70 bits per heavy atom. The lowest BCUT2D eigenvalue weighted by molar-refractivity contribution is 0.660. The Labute approximate surface area is 275 Å². The molecule has 47 heavy (non-hydrogen) atoms. The monoisotopic (exact) mass is 602 g/mol. The highest BCUT2D eigenvalue weighted by atomic mass is 15.0. The van der Waals surface area contributed by atoms with Crippen molar-refractivity contribution in [3.63, 3.8) is 0 Å². The Bertz CT molecular complexity index is 2350. The van der Waals surface area contributed by atoms with E-state index in [4.69, 9.17) is 0 Å². The molecule has 9 rings (SSSR count). The molecule has 1 heterocycles. The van der Waals surface area contributed by atoms with Gasteiger partial charge in [0.05, 0.1) is 11.0 Å². The molecule has 0 saturated carbocycles. The predicted molar refractivity (Wildman–Crippen MR) is 199 cm³/mol. The summed E-state index contributed by atoms with van der Waals surface area (Å²) in [6, 6.07) is 59.4. The van der Waals surface area contributed by atoms with Crippen molar-refractivity contribution in [3.8, 4) is 39.1 Å². The average Bonchev–Trinajstić information content (AvgIpc) is 3.57. The number of nitrogens with one attached hydrogen (secondary N) is 1. The summed E-state index contributed by atoms with van der Waals surface area (Å²) in [5, 5.41) is 6.32. The number of nitrogens with zero attached hydrogens (tertiary/aromatic N) is 1. The van der Waals surface area contributed by atoms with Crippen LogP contribution in [0.1, 0.15) is 25.0 Å². The highest BCUT2D eigenvalue weighted by Gasteiger charge is 2.36. The van der Waals surface area contributed by atoms with Gasteiger partial charge in [0.25, 0.3) is 0 Å². The van der Waals surface area contributed by atoms with Gasteiger partial charge in [-0.05, 0) is 87.5 Å². The van der Waals surface area contributed by atoms with Gasteiger partial charge in [0.1, 0.15) is 0 Å². The van der Waals surface area contributed by atoms with Crippen LogP contribution in [-0.2, 0) is 5.41 Å². The molecule has 0 atom stereocenters. The van der Waals surface area contributed by atoms with E-state index in [1.165, 1.54) is 66.3 Å². The summed E-state index contributed by atoms with van der Waals surface area (Å²) < 4.78 is 2.41. The molecule has 0 radical (unpaired) electrons. The SMILES string of the molecule is CC1(C)c2ccccc2-c2c(Nc3cccc(-n4c5ccc(-c6ccccc6)cc5c5cc(-c6ccccc6)ccc54)c3)cccc21. The molecule has 0 aliphatic heterocycles. The van der Waals surface area contributed by atoms with Crippen molar-refractivity contribution in [2.45, 2.75) is 19.3 Å². The van der Waals surface area contributed by atoms with Gasteiger partial charge >= 0.3 is 0 Å². The fourth-order valence-corrected chi connectivity index (χ4v) is 7.66. The highest BCUT2D eigenvalue weighted by Crippen LogP contribution is 2.51. The van der Waals surface area contributed by atoms with Crippen LogP contribution in [-0.4, -0.2) is 4.57 Å². The van der Waals surface area contributed by atoms with Crippen LogP contribution in [0, 0.1) is 0 Å². The van der Waals surface area contributed by atoms with Crippen LogP contribution in [0.3, 0.4) is 0 Å². The maximum absolute atomic E-state index is 3.83. The van der Waals surface area contributed by atoms with Gasteiger partial charge in [0.15, 0.2) is 0 Å². The first-order chi connectivity index (χ1) is 23.1. The third-order valence-corrected chi connectivity index (χ3v) is 9.97. The lowest BCUT2D eigenvalue weighted by atomic mass is 9.82. The van der Waals surface area contributed by atoms with Gasteiger partial charge in [-0.25, -0.2) is 0 Å². The Balaban J connectivity index is 1.20. The fraction of sp³-hybridized carbons (Fsp3) is 0.0667. The first-order valence-corrected chi connectivity index (χ1v) is 16.4. The van der Waals surface area contributed by atoms with Crippen LogP contribution >= 0.6 is 0 Å². The second kappa shape index (κ2) is 10.6. The summed E-state index contributed by atoms with van der Waals surface area (Å²) in [5.41, 5.74) is 15.9. The molecule has 7 aromatic carbocycles. The molecule has 1 aliphatic rings. The lowest BCUT2D eigenvalue weighted by Crippen LogP contribution is -2.14. The molecule has 0 amide bonds. The lowest BCUT2D eigenvalue weighted by Gasteiger charge is -2.21. The van der Waals surface area contributed by atoms with Crippen LogP contribution < -0.4 is 5.32 Å². The zero-order valence-electron chi connectivity index (χ0n) is 26.5. The predicted octanol–water partition coefficient (Wildman–Crippen LogP) is 12.2. The van der Waals surface area contributed by atoms with E-state index >= 15 is 0 Å². The van der Waals surface area contributed by atoms with Gasteiger partial charge < -0.3 is 9.88 Å². The van der Waals surface area contributed by atoms with E-state index in [-0.39, 0.29) is 5.41 Å². The summed E-state index contributed by atoms with van der Waals surface area (Å²) in [7, 11) is 0. The number of rotatable bonds is 5. The number of hydrogen-bond acceptors (Lipinski definition) is 1. The van der Waals surface area contributed by atoms with E-state index in [1.54, 1.807) is 0 Å². The molecular weight excluding hydrogens is 569 g/mol. The van der Waals surface area contributed by atoms with Crippen LogP contribution in [0.2, 0.25) is 0 Å². The van der Waals surface area contributed by atoms with Gasteiger partial charge in [-0.15, -0.1) is 0 Å². The zero-order chi connectivity index (χ0) is 31.5. The maximum Gasteiger partial charge on any atom is 0.0541 e. The summed E-state index contributed by atoms with van der Waals surface area (Å²) in [4.78, 5) is 0. The molecule has 1 aromatic heterocycles. The smallest absolute Gasteiger partial charge is 0.0541 e. The molecule has 0 fully saturated rings. The summed E-state index contributed by atoms with van der Waals surface area (Å²) in [6.07, 6.45) is 0. The molecule has 1 N–H and O–H groups in total. The number of fused-ring (bicyclic) bond motifs is 6. The summed E-state index contributed by atoms with van der Waals surface area (Å²) >= 11 is 0. The van der Waals surface area contributed by atoms with Gasteiger partial charge in [-0.1, -0.05) is 129 Å². The zero-order valence-corrected chi connectivity index (χ0v) is 26.5. The summed E-state index contributed by atoms with van der Waals surface area (Å²) in [6.45, 7) is 4.66. The maximum atomic E-state index is 3.83. The Morgan fingerprint density at radius 2 is 1.04 bits per heavy atom. The molecule has 0 bridgehead atoms. The largest absolute Gasteiger partial charge is 0.355 e. The van der Waals surface area contributed by atoms with Gasteiger partial charge in [0.2, 0.25) is 0 Å². The molecule has 2 heteroatoms. The van der Waals surface area contributed by atoms with Crippen LogP contribution in [0.15, 0.2) is 164 Å². The van der Waals surface area contributed by atoms with Crippen molar-refractivity contribution in [2.24, 2.45) is 0 Å². The van der Waals surface area contributed by atoms with Crippen molar-refractivity contribution >= 4 is 33.2 Å². The molecule has 224 valence electrons. The molecule has 0 spiro atoms. The average molecular weight is 603 g/mol. The summed E-state index contributed by atoms with van der Waals surface area (Å²) in [5.74, 6) is 0. The Hall–Kier alpha value is -5.86. The Morgan fingerprint density at radius 1 is 0.468 bits per heavy atom. The second-order valence-electron chi connectivity index (χ2n) is 13.1. The fourth-order valence-electron chi connectivity index (χ4n) is 7.66. The number of aromatic nitrogens is 1. The molecular formula is C45H34N2. The quantitative estimate of drug-likeness (QED) is 0.207. The highest BCUT2D eigenvalue weighted by molar-refractivity contribution is 6.11. The second-order valence-corrected chi connectivity index (χ2v) is 13.1. The first-order valence-electron chi connectivity index (χ1n) is 16.4. The normalized spacial score (nSPS) is 13.1. The third-order valence-electron chi connectivity index (χ3n) is 9.97. The van der Waals surface area contributed by atoms with Crippen molar-refractivity contribution in [2.75, 3.05) is 5.32 Å². The van der Waals surface area contributed by atoms with E-state index in [0.717, 1.165) is 17.1 Å². The molecule has 0 unspecified atom stereocenters. The number of hydrogen-bond donors (Lipinski definition) is 1.